The summed E-state index contributed by atoms with van der Waals surface area (Å²) < 4.78 is 6.55. The van der Waals surface area contributed by atoms with E-state index in [2.05, 4.69) is 36.2 Å². The second-order valence-electron chi connectivity index (χ2n) is 6.43. The van der Waals surface area contributed by atoms with Crippen LogP contribution in [0.2, 0.25) is 0 Å². The molecule has 0 spiro atoms. The smallest absolute Gasteiger partial charge is 0.282 e. The molecule has 4 rings (SSSR count). The fourth-order valence-corrected chi connectivity index (χ4v) is 3.93. The summed E-state index contributed by atoms with van der Waals surface area (Å²) in [7, 11) is 0. The van der Waals surface area contributed by atoms with Crippen molar-refractivity contribution in [3.05, 3.63) is 58.4 Å². The molecule has 9 heteroatoms. The lowest BCUT2D eigenvalue weighted by atomic mass is 10.2. The SMILES string of the molecule is CCOc1ccccc1N=N[C@H]1C(=O)N(c2nc(-c3ccc(Br)cc3)cs2)N=C1C. The van der Waals surface area contributed by atoms with Crippen LogP contribution in [-0.2, 0) is 4.79 Å². The summed E-state index contributed by atoms with van der Waals surface area (Å²) in [6.45, 7) is 4.19. The van der Waals surface area contributed by atoms with E-state index in [-0.39, 0.29) is 5.91 Å². The number of rotatable bonds is 6. The van der Waals surface area contributed by atoms with Crippen molar-refractivity contribution < 1.29 is 9.53 Å². The van der Waals surface area contributed by atoms with Gasteiger partial charge in [0.05, 0.1) is 18.0 Å². The van der Waals surface area contributed by atoms with E-state index in [0.29, 0.717) is 28.9 Å². The van der Waals surface area contributed by atoms with Crippen LogP contribution in [0.4, 0.5) is 10.8 Å². The molecule has 152 valence electrons. The van der Waals surface area contributed by atoms with Crippen LogP contribution in [0.3, 0.4) is 0 Å². The van der Waals surface area contributed by atoms with Gasteiger partial charge in [-0.05, 0) is 38.1 Å². The third-order valence-corrected chi connectivity index (χ3v) is 5.70. The molecule has 3 aromatic rings. The minimum Gasteiger partial charge on any atom is -0.492 e. The predicted molar refractivity (Wildman–Crippen MR) is 122 cm³/mol. The van der Waals surface area contributed by atoms with Gasteiger partial charge in [0.1, 0.15) is 11.4 Å². The van der Waals surface area contributed by atoms with Gasteiger partial charge in [0, 0.05) is 15.4 Å². The highest BCUT2D eigenvalue weighted by Crippen LogP contribution is 2.32. The lowest BCUT2D eigenvalue weighted by Crippen LogP contribution is -2.29. The minimum atomic E-state index is -0.778. The Hall–Kier alpha value is -2.91. The third kappa shape index (κ3) is 4.17. The van der Waals surface area contributed by atoms with E-state index in [0.717, 1.165) is 15.7 Å². The summed E-state index contributed by atoms with van der Waals surface area (Å²) >= 11 is 4.79. The van der Waals surface area contributed by atoms with Gasteiger partial charge in [-0.15, -0.1) is 11.3 Å². The number of carbonyl (C=O) groups is 1. The van der Waals surface area contributed by atoms with Gasteiger partial charge in [0.25, 0.3) is 5.91 Å². The Labute approximate surface area is 186 Å². The predicted octanol–water partition coefficient (Wildman–Crippen LogP) is 5.85. The van der Waals surface area contributed by atoms with E-state index in [9.17, 15) is 4.79 Å². The summed E-state index contributed by atoms with van der Waals surface area (Å²) in [5.74, 6) is 0.349. The molecule has 30 heavy (non-hydrogen) atoms. The molecule has 0 unspecified atom stereocenters. The lowest BCUT2D eigenvalue weighted by Gasteiger charge is -2.08. The van der Waals surface area contributed by atoms with Crippen molar-refractivity contribution in [1.82, 2.24) is 4.98 Å². The number of ether oxygens (including phenoxy) is 1. The number of carbonyl (C=O) groups excluding carboxylic acids is 1. The number of nitrogens with zero attached hydrogens (tertiary/aromatic N) is 5. The molecule has 2 aromatic carbocycles. The second kappa shape index (κ2) is 8.85. The number of hydrogen-bond acceptors (Lipinski definition) is 7. The maximum absolute atomic E-state index is 12.9. The van der Waals surface area contributed by atoms with Gasteiger partial charge in [-0.2, -0.15) is 20.3 Å². The topological polar surface area (TPSA) is 79.5 Å². The molecule has 7 nitrogen and oxygen atoms in total. The van der Waals surface area contributed by atoms with Crippen LogP contribution in [-0.4, -0.2) is 29.3 Å². The number of aromatic nitrogens is 1. The molecule has 0 N–H and O–H groups in total. The minimum absolute atomic E-state index is 0.276. The highest BCUT2D eigenvalue weighted by atomic mass is 79.9. The number of para-hydroxylation sites is 1. The zero-order valence-electron chi connectivity index (χ0n) is 16.3. The van der Waals surface area contributed by atoms with Gasteiger partial charge in [-0.25, -0.2) is 4.98 Å². The maximum atomic E-state index is 12.9. The van der Waals surface area contributed by atoms with Gasteiger partial charge in [0.2, 0.25) is 5.13 Å². The molecule has 1 aliphatic rings. The first-order valence-corrected chi connectivity index (χ1v) is 11.0. The second-order valence-corrected chi connectivity index (χ2v) is 8.18. The first kappa shape index (κ1) is 20.4. The van der Waals surface area contributed by atoms with Crippen LogP contribution in [0.5, 0.6) is 5.75 Å². The fourth-order valence-electron chi connectivity index (χ4n) is 2.88. The van der Waals surface area contributed by atoms with Crippen molar-refractivity contribution in [2.45, 2.75) is 19.9 Å². The van der Waals surface area contributed by atoms with Crippen LogP contribution >= 0.6 is 27.3 Å². The van der Waals surface area contributed by atoms with E-state index in [1.165, 1.54) is 16.3 Å². The Balaban J connectivity index is 1.54. The van der Waals surface area contributed by atoms with Crippen LogP contribution in [0.1, 0.15) is 13.8 Å². The Morgan fingerprint density at radius 3 is 2.73 bits per heavy atom. The fraction of sp³-hybridized carbons (Fsp3) is 0.190. The average Bonchev–Trinajstić information content (AvgIpc) is 3.33. The van der Waals surface area contributed by atoms with Crippen molar-refractivity contribution in [1.29, 1.82) is 0 Å². The molecular weight excluding hydrogens is 466 g/mol. The highest BCUT2D eigenvalue weighted by molar-refractivity contribution is 9.10. The largest absolute Gasteiger partial charge is 0.492 e. The monoisotopic (exact) mass is 483 g/mol. The lowest BCUT2D eigenvalue weighted by molar-refractivity contribution is -0.117. The number of anilines is 1. The summed E-state index contributed by atoms with van der Waals surface area (Å²) in [6.07, 6.45) is 0. The van der Waals surface area contributed by atoms with Gasteiger partial charge in [-0.3, -0.25) is 4.79 Å². The average molecular weight is 484 g/mol. The van der Waals surface area contributed by atoms with Crippen molar-refractivity contribution in [3.8, 4) is 17.0 Å². The standard InChI is InChI=1S/C21H18BrN5O2S/c1-3-29-18-7-5-4-6-16(18)24-25-19-13(2)26-27(20(19)28)21-23-17(12-30-21)14-8-10-15(22)11-9-14/h4-12,19H,3H2,1-2H3/t19-/m1/s1. The van der Waals surface area contributed by atoms with Crippen LogP contribution in [0.25, 0.3) is 11.3 Å². The van der Waals surface area contributed by atoms with Gasteiger partial charge in [-0.1, -0.05) is 40.2 Å². The first-order valence-electron chi connectivity index (χ1n) is 9.30. The molecule has 0 aliphatic carbocycles. The molecule has 1 amide bonds. The Kier molecular flexibility index (Phi) is 6.01. The molecule has 0 radical (unpaired) electrons. The van der Waals surface area contributed by atoms with Gasteiger partial charge < -0.3 is 4.74 Å². The summed E-state index contributed by atoms with van der Waals surface area (Å²) in [5.41, 5.74) is 2.90. The van der Waals surface area contributed by atoms with E-state index < -0.39 is 6.04 Å². The highest BCUT2D eigenvalue weighted by Gasteiger charge is 2.36. The molecule has 1 atom stereocenters. The summed E-state index contributed by atoms with van der Waals surface area (Å²) in [6, 6.07) is 14.4. The molecule has 1 aromatic heterocycles. The Morgan fingerprint density at radius 1 is 1.20 bits per heavy atom. The molecule has 2 heterocycles. The maximum Gasteiger partial charge on any atom is 0.282 e. The van der Waals surface area contributed by atoms with E-state index in [1.54, 1.807) is 13.0 Å². The number of benzene rings is 2. The molecule has 0 fully saturated rings. The van der Waals surface area contributed by atoms with E-state index in [4.69, 9.17) is 4.74 Å². The van der Waals surface area contributed by atoms with Crippen LogP contribution < -0.4 is 9.75 Å². The Morgan fingerprint density at radius 2 is 1.97 bits per heavy atom. The van der Waals surface area contributed by atoms with Crippen LogP contribution in [0, 0.1) is 0 Å². The van der Waals surface area contributed by atoms with Crippen LogP contribution in [0.15, 0.2) is 73.7 Å². The number of thiazole rings is 1. The van der Waals surface area contributed by atoms with Crippen molar-refractivity contribution in [3.63, 3.8) is 0 Å². The number of amides is 1. The summed E-state index contributed by atoms with van der Waals surface area (Å²) in [4.78, 5) is 17.5. The number of halogens is 1. The van der Waals surface area contributed by atoms with Gasteiger partial charge >= 0.3 is 0 Å². The van der Waals surface area contributed by atoms with Crippen molar-refractivity contribution >= 4 is 49.7 Å². The van der Waals surface area contributed by atoms with E-state index >= 15 is 0 Å². The molecule has 0 saturated carbocycles. The van der Waals surface area contributed by atoms with Crippen molar-refractivity contribution in [2.75, 3.05) is 11.6 Å². The molecule has 0 bridgehead atoms. The van der Waals surface area contributed by atoms with Crippen molar-refractivity contribution in [2.24, 2.45) is 15.3 Å². The zero-order chi connectivity index (χ0) is 21.1. The first-order chi connectivity index (χ1) is 14.6. The molecular formula is C21H18BrN5O2S. The van der Waals surface area contributed by atoms with E-state index in [1.807, 2.05) is 54.8 Å². The zero-order valence-corrected chi connectivity index (χ0v) is 18.7. The molecule has 0 saturated heterocycles. The molecule has 1 aliphatic heterocycles. The normalized spacial score (nSPS) is 16.4. The number of azo groups is 1. The van der Waals surface area contributed by atoms with Gasteiger partial charge in [0.15, 0.2) is 6.04 Å². The summed E-state index contributed by atoms with van der Waals surface area (Å²) in [5, 5.41) is 16.6. The number of hydrazone groups is 1. The third-order valence-electron chi connectivity index (χ3n) is 4.36. The Bertz CT molecular complexity index is 1130. The quantitative estimate of drug-likeness (QED) is 0.412. The number of hydrogen-bond donors (Lipinski definition) is 0.